The molecule has 1 aromatic heterocycles. The zero-order valence-electron chi connectivity index (χ0n) is 13.3. The number of fused-ring (bicyclic) bond motifs is 1. The number of carbonyl (C=O) groups is 1. The standard InChI is InChI=1S/C16H13FN2O4S2/c1-19-13-8-3-10(15(20)23-2)9-14(13)24-16(19)18-25(21,22)12-6-4-11(17)5-7-12/h3-9H,1-2H3. The summed E-state index contributed by atoms with van der Waals surface area (Å²) in [7, 11) is -1.01. The van der Waals surface area contributed by atoms with Gasteiger partial charge in [0.25, 0.3) is 10.0 Å². The van der Waals surface area contributed by atoms with Crippen molar-refractivity contribution < 1.29 is 22.3 Å². The van der Waals surface area contributed by atoms with Crippen molar-refractivity contribution in [1.82, 2.24) is 4.57 Å². The van der Waals surface area contributed by atoms with Crippen LogP contribution in [0.3, 0.4) is 0 Å². The van der Waals surface area contributed by atoms with Gasteiger partial charge in [0.05, 0.1) is 27.8 Å². The lowest BCUT2D eigenvalue weighted by molar-refractivity contribution is 0.0601. The average molecular weight is 380 g/mol. The Kier molecular flexibility index (Phi) is 4.44. The van der Waals surface area contributed by atoms with Gasteiger partial charge in [-0.15, -0.1) is 4.40 Å². The molecule has 0 unspecified atom stereocenters. The number of ether oxygens (including phenoxy) is 1. The largest absolute Gasteiger partial charge is 0.465 e. The van der Waals surface area contributed by atoms with Crippen LogP contribution in [0, 0.1) is 5.82 Å². The first-order chi connectivity index (χ1) is 11.8. The maximum atomic E-state index is 13.0. The lowest BCUT2D eigenvalue weighted by Crippen LogP contribution is -2.13. The fourth-order valence-corrected chi connectivity index (χ4v) is 4.51. The summed E-state index contributed by atoms with van der Waals surface area (Å²) in [6, 6.07) is 9.37. The highest BCUT2D eigenvalue weighted by molar-refractivity contribution is 7.90. The van der Waals surface area contributed by atoms with E-state index in [1.165, 1.54) is 7.11 Å². The number of thiazole rings is 1. The smallest absolute Gasteiger partial charge is 0.337 e. The van der Waals surface area contributed by atoms with E-state index in [-0.39, 0.29) is 9.70 Å². The molecule has 9 heteroatoms. The maximum Gasteiger partial charge on any atom is 0.337 e. The van der Waals surface area contributed by atoms with Crippen LogP contribution < -0.4 is 4.80 Å². The third-order valence-corrected chi connectivity index (χ3v) is 6.03. The first kappa shape index (κ1) is 17.3. The van der Waals surface area contributed by atoms with E-state index < -0.39 is 21.8 Å². The minimum atomic E-state index is -3.98. The van der Waals surface area contributed by atoms with Crippen LogP contribution in [-0.2, 0) is 21.8 Å². The number of sulfonamides is 1. The second kappa shape index (κ2) is 6.41. The predicted octanol–water partition coefficient (Wildman–Crippen LogP) is 2.46. The normalized spacial score (nSPS) is 12.5. The van der Waals surface area contributed by atoms with Gasteiger partial charge < -0.3 is 9.30 Å². The Morgan fingerprint density at radius 3 is 2.52 bits per heavy atom. The number of aryl methyl sites for hydroxylation is 1. The van der Waals surface area contributed by atoms with Gasteiger partial charge in [-0.3, -0.25) is 0 Å². The van der Waals surface area contributed by atoms with Crippen LogP contribution >= 0.6 is 11.3 Å². The minimum absolute atomic E-state index is 0.0957. The molecular weight excluding hydrogens is 367 g/mol. The van der Waals surface area contributed by atoms with Gasteiger partial charge in [-0.1, -0.05) is 11.3 Å². The topological polar surface area (TPSA) is 77.7 Å². The quantitative estimate of drug-likeness (QED) is 0.654. The molecule has 0 atom stereocenters. The Labute approximate surface area is 146 Å². The molecule has 0 bridgehead atoms. The molecule has 25 heavy (non-hydrogen) atoms. The van der Waals surface area contributed by atoms with Crippen LogP contribution in [-0.4, -0.2) is 26.1 Å². The minimum Gasteiger partial charge on any atom is -0.465 e. The first-order valence-corrected chi connectivity index (χ1v) is 9.32. The molecule has 0 spiro atoms. The van der Waals surface area contributed by atoms with Gasteiger partial charge >= 0.3 is 5.97 Å². The summed E-state index contributed by atoms with van der Waals surface area (Å²) < 4.78 is 48.6. The van der Waals surface area contributed by atoms with Gasteiger partial charge in [-0.2, -0.15) is 8.42 Å². The molecule has 3 rings (SSSR count). The SMILES string of the molecule is COC(=O)c1ccc2c(c1)sc(=NS(=O)(=O)c1ccc(F)cc1)n2C. The summed E-state index contributed by atoms with van der Waals surface area (Å²) in [5.74, 6) is -1.00. The van der Waals surface area contributed by atoms with Gasteiger partial charge in [-0.05, 0) is 42.5 Å². The van der Waals surface area contributed by atoms with Gasteiger partial charge in [0.1, 0.15) is 5.82 Å². The van der Waals surface area contributed by atoms with E-state index in [2.05, 4.69) is 9.13 Å². The second-order valence-electron chi connectivity index (χ2n) is 5.14. The Morgan fingerprint density at radius 2 is 1.88 bits per heavy atom. The first-order valence-electron chi connectivity index (χ1n) is 7.06. The average Bonchev–Trinajstić information content (AvgIpc) is 2.89. The monoisotopic (exact) mass is 380 g/mol. The van der Waals surface area contributed by atoms with Gasteiger partial charge in [-0.25, -0.2) is 9.18 Å². The zero-order valence-corrected chi connectivity index (χ0v) is 14.9. The third-order valence-electron chi connectivity index (χ3n) is 3.54. The van der Waals surface area contributed by atoms with Crippen LogP contribution in [0.4, 0.5) is 4.39 Å². The summed E-state index contributed by atoms with van der Waals surface area (Å²) in [5, 5.41) is 0. The van der Waals surface area contributed by atoms with Crippen LogP contribution in [0.2, 0.25) is 0 Å². The van der Waals surface area contributed by atoms with Crippen LogP contribution in [0.1, 0.15) is 10.4 Å². The number of hydrogen-bond acceptors (Lipinski definition) is 5. The molecule has 0 aliphatic carbocycles. The summed E-state index contributed by atoms with van der Waals surface area (Å²) >= 11 is 1.13. The number of aromatic nitrogens is 1. The number of hydrogen-bond donors (Lipinski definition) is 0. The lowest BCUT2D eigenvalue weighted by Gasteiger charge is -2.00. The van der Waals surface area contributed by atoms with Crippen molar-refractivity contribution in [2.45, 2.75) is 4.90 Å². The highest BCUT2D eigenvalue weighted by Crippen LogP contribution is 2.20. The van der Waals surface area contributed by atoms with Crippen molar-refractivity contribution in [1.29, 1.82) is 0 Å². The van der Waals surface area contributed by atoms with Gasteiger partial charge in [0, 0.05) is 7.05 Å². The summed E-state index contributed by atoms with van der Waals surface area (Å²) in [5.41, 5.74) is 1.09. The molecule has 130 valence electrons. The van der Waals surface area contributed by atoms with Crippen LogP contribution in [0.5, 0.6) is 0 Å². The van der Waals surface area contributed by atoms with Crippen molar-refractivity contribution in [2.24, 2.45) is 11.4 Å². The molecule has 0 saturated carbocycles. The fraction of sp³-hybridized carbons (Fsp3) is 0.125. The van der Waals surface area contributed by atoms with Crippen molar-refractivity contribution in [3.8, 4) is 0 Å². The molecule has 0 N–H and O–H groups in total. The maximum absolute atomic E-state index is 13.0. The fourth-order valence-electron chi connectivity index (χ4n) is 2.23. The Balaban J connectivity index is 2.14. The molecule has 1 heterocycles. The molecular formula is C16H13FN2O4S2. The van der Waals surface area contributed by atoms with E-state index in [1.54, 1.807) is 29.8 Å². The van der Waals surface area contributed by atoms with Crippen LogP contribution in [0.15, 0.2) is 51.8 Å². The molecule has 0 radical (unpaired) electrons. The molecule has 0 aliphatic heterocycles. The van der Waals surface area contributed by atoms with E-state index in [1.807, 2.05) is 0 Å². The van der Waals surface area contributed by atoms with E-state index >= 15 is 0 Å². The van der Waals surface area contributed by atoms with Gasteiger partial charge in [0.15, 0.2) is 0 Å². The van der Waals surface area contributed by atoms with E-state index in [9.17, 15) is 17.6 Å². The summed E-state index contributed by atoms with van der Waals surface area (Å²) in [6.07, 6.45) is 0. The molecule has 0 aliphatic rings. The highest BCUT2D eigenvalue weighted by Gasteiger charge is 2.15. The van der Waals surface area contributed by atoms with Crippen molar-refractivity contribution in [3.63, 3.8) is 0 Å². The van der Waals surface area contributed by atoms with Crippen molar-refractivity contribution in [2.75, 3.05) is 7.11 Å². The molecule has 0 saturated heterocycles. The number of halogens is 1. The molecule has 2 aromatic carbocycles. The Morgan fingerprint density at radius 1 is 1.20 bits per heavy atom. The lowest BCUT2D eigenvalue weighted by atomic mass is 10.2. The summed E-state index contributed by atoms with van der Waals surface area (Å²) in [4.78, 5) is 11.8. The molecule has 3 aromatic rings. The highest BCUT2D eigenvalue weighted by atomic mass is 32.2. The number of methoxy groups -OCH3 is 1. The van der Waals surface area contributed by atoms with E-state index in [0.717, 1.165) is 41.1 Å². The Hall–Kier alpha value is -2.52. The van der Waals surface area contributed by atoms with Gasteiger partial charge in [0.2, 0.25) is 4.80 Å². The number of nitrogens with zero attached hydrogens (tertiary/aromatic N) is 2. The third kappa shape index (κ3) is 3.33. The molecule has 6 nitrogen and oxygen atoms in total. The number of benzene rings is 2. The number of rotatable bonds is 3. The number of carbonyl (C=O) groups excluding carboxylic acids is 1. The van der Waals surface area contributed by atoms with E-state index in [0.29, 0.717) is 10.3 Å². The summed E-state index contributed by atoms with van der Waals surface area (Å²) in [6.45, 7) is 0. The van der Waals surface area contributed by atoms with Crippen molar-refractivity contribution >= 4 is 37.5 Å². The molecule has 0 amide bonds. The molecule has 0 fully saturated rings. The number of esters is 1. The Bertz CT molecular complexity index is 1130. The van der Waals surface area contributed by atoms with E-state index in [4.69, 9.17) is 0 Å². The zero-order chi connectivity index (χ0) is 18.2. The van der Waals surface area contributed by atoms with Crippen LogP contribution in [0.25, 0.3) is 10.2 Å². The second-order valence-corrected chi connectivity index (χ2v) is 7.75. The van der Waals surface area contributed by atoms with Crippen molar-refractivity contribution in [3.05, 3.63) is 58.6 Å². The predicted molar refractivity (Wildman–Crippen MR) is 91.3 cm³/mol.